The van der Waals surface area contributed by atoms with Crippen molar-refractivity contribution in [3.63, 3.8) is 0 Å². The summed E-state index contributed by atoms with van der Waals surface area (Å²) in [5.41, 5.74) is 6.57. The number of aromatic nitrogens is 1. The molecule has 2 unspecified atom stereocenters. The zero-order valence-corrected chi connectivity index (χ0v) is 6.79. The van der Waals surface area contributed by atoms with E-state index in [0.717, 1.165) is 17.2 Å². The van der Waals surface area contributed by atoms with Crippen LogP contribution in [0.15, 0.2) is 4.52 Å². The first-order chi connectivity index (χ1) is 5.20. The fraction of sp³-hybridized carbons (Fsp3) is 0.625. The van der Waals surface area contributed by atoms with Gasteiger partial charge in [0.25, 0.3) is 0 Å². The first-order valence-corrected chi connectivity index (χ1v) is 3.91. The molecule has 11 heavy (non-hydrogen) atoms. The molecule has 1 aromatic rings. The molecule has 1 saturated carbocycles. The average molecular weight is 152 g/mol. The maximum absolute atomic E-state index is 5.55. The molecular weight excluding hydrogens is 140 g/mol. The van der Waals surface area contributed by atoms with Crippen molar-refractivity contribution < 1.29 is 4.52 Å². The van der Waals surface area contributed by atoms with E-state index in [0.29, 0.717) is 11.7 Å². The Labute approximate surface area is 65.6 Å². The Hall–Kier alpha value is -0.990. The molecule has 2 atom stereocenters. The molecule has 2 N–H and O–H groups in total. The largest absolute Gasteiger partial charge is 0.381 e. The maximum atomic E-state index is 5.55. The van der Waals surface area contributed by atoms with Crippen molar-refractivity contribution in [2.75, 3.05) is 5.73 Å². The molecule has 0 spiro atoms. The fourth-order valence-corrected chi connectivity index (χ4v) is 1.39. The molecule has 0 amide bonds. The van der Waals surface area contributed by atoms with Gasteiger partial charge in [-0.15, -0.1) is 0 Å². The molecule has 1 aliphatic rings. The average Bonchev–Trinajstić information content (AvgIpc) is 2.58. The van der Waals surface area contributed by atoms with Crippen LogP contribution in [0.5, 0.6) is 0 Å². The van der Waals surface area contributed by atoms with Gasteiger partial charge in [-0.3, -0.25) is 0 Å². The van der Waals surface area contributed by atoms with Crippen LogP contribution < -0.4 is 5.73 Å². The fourth-order valence-electron chi connectivity index (χ4n) is 1.39. The topological polar surface area (TPSA) is 52.0 Å². The van der Waals surface area contributed by atoms with Crippen LogP contribution in [0.25, 0.3) is 0 Å². The van der Waals surface area contributed by atoms with E-state index in [-0.39, 0.29) is 0 Å². The SMILES string of the molecule is Cc1c(N)noc1C1CC1C. The predicted molar refractivity (Wildman–Crippen MR) is 42.2 cm³/mol. The number of nitrogens with two attached hydrogens (primary N) is 1. The van der Waals surface area contributed by atoms with Crippen molar-refractivity contribution in [2.24, 2.45) is 5.92 Å². The summed E-state index contributed by atoms with van der Waals surface area (Å²) < 4.78 is 5.11. The van der Waals surface area contributed by atoms with Gasteiger partial charge in [-0.05, 0) is 19.3 Å². The number of anilines is 1. The van der Waals surface area contributed by atoms with Gasteiger partial charge in [0.05, 0.1) is 0 Å². The summed E-state index contributed by atoms with van der Waals surface area (Å²) in [4.78, 5) is 0. The lowest BCUT2D eigenvalue weighted by Gasteiger charge is -1.90. The lowest BCUT2D eigenvalue weighted by atomic mass is 10.2. The molecule has 0 aliphatic heterocycles. The van der Waals surface area contributed by atoms with Crippen molar-refractivity contribution in [2.45, 2.75) is 26.2 Å². The lowest BCUT2D eigenvalue weighted by Crippen LogP contribution is -1.87. The first kappa shape index (κ1) is 6.70. The number of hydrogen-bond donors (Lipinski definition) is 1. The minimum absolute atomic E-state index is 0.541. The Bertz CT molecular complexity index is 280. The van der Waals surface area contributed by atoms with Gasteiger partial charge in [0.15, 0.2) is 5.82 Å². The summed E-state index contributed by atoms with van der Waals surface area (Å²) in [6.07, 6.45) is 1.22. The molecule has 1 aliphatic carbocycles. The molecule has 1 fully saturated rings. The number of hydrogen-bond acceptors (Lipinski definition) is 3. The molecule has 1 aromatic heterocycles. The van der Waals surface area contributed by atoms with E-state index >= 15 is 0 Å². The predicted octanol–water partition coefficient (Wildman–Crippen LogP) is 1.69. The summed E-state index contributed by atoms with van der Waals surface area (Å²) in [5.74, 6) is 2.87. The van der Waals surface area contributed by atoms with Crippen LogP contribution in [0.1, 0.15) is 30.6 Å². The van der Waals surface area contributed by atoms with Gasteiger partial charge in [-0.25, -0.2) is 0 Å². The Morgan fingerprint density at radius 2 is 2.27 bits per heavy atom. The standard InChI is InChI=1S/C8H12N2O/c1-4-3-6(4)7-5(2)8(9)10-11-7/h4,6H,3H2,1-2H3,(H2,9,10). The highest BCUT2D eigenvalue weighted by molar-refractivity contribution is 5.41. The summed E-state index contributed by atoms with van der Waals surface area (Å²) in [6, 6.07) is 0. The van der Waals surface area contributed by atoms with E-state index in [2.05, 4.69) is 12.1 Å². The zero-order chi connectivity index (χ0) is 8.01. The second-order valence-electron chi connectivity index (χ2n) is 3.38. The second-order valence-corrected chi connectivity index (χ2v) is 3.38. The van der Waals surface area contributed by atoms with Crippen molar-refractivity contribution in [1.82, 2.24) is 5.16 Å². The quantitative estimate of drug-likeness (QED) is 0.666. The maximum Gasteiger partial charge on any atom is 0.170 e. The van der Waals surface area contributed by atoms with Gasteiger partial charge in [0.1, 0.15) is 5.76 Å². The normalized spacial score (nSPS) is 28.9. The van der Waals surface area contributed by atoms with E-state index in [1.165, 1.54) is 6.42 Å². The molecule has 0 aromatic carbocycles. The van der Waals surface area contributed by atoms with Gasteiger partial charge in [-0.1, -0.05) is 12.1 Å². The second kappa shape index (κ2) is 2.00. The molecule has 0 saturated heterocycles. The van der Waals surface area contributed by atoms with Crippen LogP contribution in [0, 0.1) is 12.8 Å². The van der Waals surface area contributed by atoms with Gasteiger partial charge < -0.3 is 10.3 Å². The highest BCUT2D eigenvalue weighted by Crippen LogP contribution is 2.48. The monoisotopic (exact) mass is 152 g/mol. The number of rotatable bonds is 1. The number of nitrogens with zero attached hydrogens (tertiary/aromatic N) is 1. The molecule has 0 radical (unpaired) electrons. The Balaban J connectivity index is 2.31. The molecule has 1 heterocycles. The minimum atomic E-state index is 0.541. The molecule has 2 rings (SSSR count). The molecule has 3 heteroatoms. The van der Waals surface area contributed by atoms with Crippen molar-refractivity contribution >= 4 is 5.82 Å². The van der Waals surface area contributed by atoms with E-state index in [4.69, 9.17) is 10.3 Å². The van der Waals surface area contributed by atoms with Crippen molar-refractivity contribution in [3.8, 4) is 0 Å². The van der Waals surface area contributed by atoms with Crippen LogP contribution >= 0.6 is 0 Å². The molecule has 60 valence electrons. The molecular formula is C8H12N2O. The first-order valence-electron chi connectivity index (χ1n) is 3.91. The zero-order valence-electron chi connectivity index (χ0n) is 6.79. The Morgan fingerprint density at radius 3 is 2.64 bits per heavy atom. The highest BCUT2D eigenvalue weighted by atomic mass is 16.5. The Kier molecular flexibility index (Phi) is 1.22. The van der Waals surface area contributed by atoms with E-state index in [9.17, 15) is 0 Å². The van der Waals surface area contributed by atoms with Crippen LogP contribution in [0.4, 0.5) is 5.82 Å². The van der Waals surface area contributed by atoms with E-state index in [1.54, 1.807) is 0 Å². The summed E-state index contributed by atoms with van der Waals surface area (Å²) >= 11 is 0. The minimum Gasteiger partial charge on any atom is -0.381 e. The third-order valence-electron chi connectivity index (χ3n) is 2.44. The van der Waals surface area contributed by atoms with Gasteiger partial charge in [-0.2, -0.15) is 0 Å². The summed E-state index contributed by atoms with van der Waals surface area (Å²) in [6.45, 7) is 4.18. The van der Waals surface area contributed by atoms with Crippen molar-refractivity contribution in [3.05, 3.63) is 11.3 Å². The van der Waals surface area contributed by atoms with Crippen LogP contribution in [-0.2, 0) is 0 Å². The van der Waals surface area contributed by atoms with Crippen LogP contribution in [-0.4, -0.2) is 5.16 Å². The number of nitrogen functional groups attached to an aromatic ring is 1. The van der Waals surface area contributed by atoms with E-state index in [1.807, 2.05) is 6.92 Å². The Morgan fingerprint density at radius 1 is 1.64 bits per heavy atom. The molecule has 0 bridgehead atoms. The summed E-state index contributed by atoms with van der Waals surface area (Å²) in [7, 11) is 0. The smallest absolute Gasteiger partial charge is 0.170 e. The van der Waals surface area contributed by atoms with Crippen LogP contribution in [0.3, 0.4) is 0 Å². The van der Waals surface area contributed by atoms with Gasteiger partial charge in [0, 0.05) is 11.5 Å². The molecule has 3 nitrogen and oxygen atoms in total. The van der Waals surface area contributed by atoms with Crippen molar-refractivity contribution in [1.29, 1.82) is 0 Å². The van der Waals surface area contributed by atoms with Crippen LogP contribution in [0.2, 0.25) is 0 Å². The summed E-state index contributed by atoms with van der Waals surface area (Å²) in [5, 5.41) is 3.71. The third kappa shape index (κ3) is 0.914. The third-order valence-corrected chi connectivity index (χ3v) is 2.44. The van der Waals surface area contributed by atoms with E-state index < -0.39 is 0 Å². The van der Waals surface area contributed by atoms with Gasteiger partial charge >= 0.3 is 0 Å². The highest BCUT2D eigenvalue weighted by Gasteiger charge is 2.38. The van der Waals surface area contributed by atoms with Gasteiger partial charge in [0.2, 0.25) is 0 Å². The lowest BCUT2D eigenvalue weighted by molar-refractivity contribution is 0.383.